The van der Waals surface area contributed by atoms with Crippen molar-refractivity contribution in [1.82, 2.24) is 4.90 Å². The summed E-state index contributed by atoms with van der Waals surface area (Å²) in [5, 5.41) is 0.653. The fourth-order valence-electron chi connectivity index (χ4n) is 4.95. The summed E-state index contributed by atoms with van der Waals surface area (Å²) in [7, 11) is 0. The Balaban J connectivity index is 1.66. The molecule has 2 aliphatic heterocycles. The van der Waals surface area contributed by atoms with Gasteiger partial charge in [-0.2, -0.15) is 0 Å². The van der Waals surface area contributed by atoms with Crippen molar-refractivity contribution in [2.24, 2.45) is 0 Å². The van der Waals surface area contributed by atoms with E-state index in [4.69, 9.17) is 21.1 Å². The van der Waals surface area contributed by atoms with E-state index in [9.17, 15) is 9.59 Å². The van der Waals surface area contributed by atoms with E-state index in [2.05, 4.69) is 0 Å². The van der Waals surface area contributed by atoms with Crippen LogP contribution in [0.25, 0.3) is 0 Å². The lowest BCUT2D eigenvalue weighted by molar-refractivity contribution is -0.133. The number of rotatable bonds is 4. The molecule has 0 aromatic heterocycles. The van der Waals surface area contributed by atoms with Gasteiger partial charge in [-0.15, -0.1) is 0 Å². The summed E-state index contributed by atoms with van der Waals surface area (Å²) in [5.41, 5.74) is 1.51. The highest BCUT2D eigenvalue weighted by Crippen LogP contribution is 2.44. The van der Waals surface area contributed by atoms with Gasteiger partial charge in [0.05, 0.1) is 12.2 Å². The maximum atomic E-state index is 13.5. The van der Waals surface area contributed by atoms with Crippen molar-refractivity contribution in [3.05, 3.63) is 70.7 Å². The fourth-order valence-corrected chi connectivity index (χ4v) is 5.08. The number of amides is 2. The molecule has 2 aromatic rings. The summed E-state index contributed by atoms with van der Waals surface area (Å²) in [5.74, 6) is -0.220. The van der Waals surface area contributed by atoms with Gasteiger partial charge >= 0.3 is 6.09 Å². The van der Waals surface area contributed by atoms with E-state index in [1.54, 1.807) is 0 Å². The molecule has 4 atom stereocenters. The van der Waals surface area contributed by atoms with Crippen molar-refractivity contribution in [1.29, 1.82) is 0 Å². The molecule has 0 radical (unpaired) electrons. The van der Waals surface area contributed by atoms with Crippen LogP contribution >= 0.6 is 11.6 Å². The second-order valence-electron chi connectivity index (χ2n) is 8.40. The zero-order valence-corrected chi connectivity index (χ0v) is 18.0. The largest absolute Gasteiger partial charge is 0.446 e. The highest BCUT2D eigenvalue weighted by atomic mass is 35.5. The Morgan fingerprint density at radius 3 is 2.33 bits per heavy atom. The van der Waals surface area contributed by atoms with Crippen molar-refractivity contribution in [2.45, 2.75) is 56.8 Å². The zero-order valence-electron chi connectivity index (χ0n) is 17.2. The van der Waals surface area contributed by atoms with Gasteiger partial charge in [-0.25, -0.2) is 9.69 Å². The van der Waals surface area contributed by atoms with Gasteiger partial charge in [-0.05, 0) is 49.9 Å². The first-order valence-electron chi connectivity index (χ1n) is 10.3. The van der Waals surface area contributed by atoms with Gasteiger partial charge in [0.25, 0.3) is 0 Å². The minimum Gasteiger partial charge on any atom is -0.446 e. The number of carbonyl (C=O) groups is 2. The third-order valence-electron chi connectivity index (χ3n) is 6.09. The van der Waals surface area contributed by atoms with Gasteiger partial charge in [-0.1, -0.05) is 54.1 Å². The van der Waals surface area contributed by atoms with Gasteiger partial charge < -0.3 is 9.47 Å². The average Bonchev–Trinajstić information content (AvgIpc) is 3.10. The quantitative estimate of drug-likeness (QED) is 0.666. The van der Waals surface area contributed by atoms with E-state index in [-0.39, 0.29) is 31.1 Å². The molecule has 0 saturated carbocycles. The smallest absolute Gasteiger partial charge is 0.417 e. The molecule has 0 spiro atoms. The molecule has 0 bridgehead atoms. The lowest BCUT2D eigenvalue weighted by Gasteiger charge is -2.43. The van der Waals surface area contributed by atoms with Gasteiger partial charge in [0.2, 0.25) is 5.91 Å². The van der Waals surface area contributed by atoms with Gasteiger partial charge in [-0.3, -0.25) is 4.79 Å². The third-order valence-corrected chi connectivity index (χ3v) is 6.35. The van der Waals surface area contributed by atoms with Gasteiger partial charge in [0.15, 0.2) is 0 Å². The van der Waals surface area contributed by atoms with Crippen LogP contribution in [0, 0.1) is 0 Å². The Bertz CT molecular complexity index is 905. The number of ether oxygens (including phenoxy) is 2. The number of hydrogen-bond donors (Lipinski definition) is 0. The summed E-state index contributed by atoms with van der Waals surface area (Å²) < 4.78 is 11.2. The molecular formula is C24H26ClNO4. The zero-order chi connectivity index (χ0) is 21.3. The summed E-state index contributed by atoms with van der Waals surface area (Å²) in [6.07, 6.45) is 1.05. The normalized spacial score (nSPS) is 29.0. The first-order valence-corrected chi connectivity index (χ1v) is 10.7. The molecule has 4 rings (SSSR count). The maximum absolute atomic E-state index is 13.5. The van der Waals surface area contributed by atoms with Crippen LogP contribution in [0.2, 0.25) is 5.02 Å². The number of cyclic esters (lactones) is 1. The Hall–Kier alpha value is -2.37. The molecule has 1 unspecified atom stereocenters. The molecule has 5 nitrogen and oxygen atoms in total. The lowest BCUT2D eigenvalue weighted by Crippen LogP contribution is -2.46. The molecule has 2 aliphatic rings. The lowest BCUT2D eigenvalue weighted by atomic mass is 9.68. The predicted octanol–water partition coefficient (Wildman–Crippen LogP) is 5.28. The van der Waals surface area contributed by atoms with Crippen LogP contribution in [0.5, 0.6) is 0 Å². The highest BCUT2D eigenvalue weighted by Gasteiger charge is 2.46. The van der Waals surface area contributed by atoms with Crippen LogP contribution in [-0.4, -0.2) is 35.7 Å². The number of nitrogens with zero attached hydrogens (tertiary/aromatic N) is 1. The van der Waals surface area contributed by atoms with Crippen LogP contribution in [0.3, 0.4) is 0 Å². The summed E-state index contributed by atoms with van der Waals surface area (Å²) in [6.45, 7) is 4.24. The van der Waals surface area contributed by atoms with E-state index < -0.39 is 17.6 Å². The van der Waals surface area contributed by atoms with Crippen molar-refractivity contribution in [3.8, 4) is 0 Å². The molecule has 30 heavy (non-hydrogen) atoms. The molecule has 0 N–H and O–H groups in total. The number of carbonyl (C=O) groups excluding carboxylic acids is 2. The number of imide groups is 1. The first-order chi connectivity index (χ1) is 14.4. The van der Waals surface area contributed by atoms with Gasteiger partial charge in [0.1, 0.15) is 12.6 Å². The molecule has 2 aromatic carbocycles. The first kappa shape index (κ1) is 20.9. The molecule has 2 amide bonds. The third kappa shape index (κ3) is 4.09. The fraction of sp³-hybridized carbons (Fsp3) is 0.417. The second-order valence-corrected chi connectivity index (χ2v) is 8.83. The van der Waals surface area contributed by atoms with Crippen LogP contribution in [0.15, 0.2) is 54.6 Å². The predicted molar refractivity (Wildman–Crippen MR) is 114 cm³/mol. The van der Waals surface area contributed by atoms with Crippen molar-refractivity contribution in [2.75, 3.05) is 6.61 Å². The highest BCUT2D eigenvalue weighted by molar-refractivity contribution is 6.30. The number of benzene rings is 2. The van der Waals surface area contributed by atoms with Crippen LogP contribution in [0.1, 0.15) is 50.3 Å². The Morgan fingerprint density at radius 2 is 1.70 bits per heavy atom. The van der Waals surface area contributed by atoms with E-state index in [1.165, 1.54) is 4.90 Å². The molecule has 2 heterocycles. The minimum absolute atomic E-state index is 0.00711. The minimum atomic E-state index is -0.576. The molecule has 2 saturated heterocycles. The Labute approximate surface area is 181 Å². The van der Waals surface area contributed by atoms with Crippen LogP contribution < -0.4 is 0 Å². The van der Waals surface area contributed by atoms with Crippen molar-refractivity contribution < 1.29 is 19.1 Å². The monoisotopic (exact) mass is 427 g/mol. The molecular weight excluding hydrogens is 402 g/mol. The van der Waals surface area contributed by atoms with E-state index in [0.29, 0.717) is 17.9 Å². The number of halogens is 1. The Morgan fingerprint density at radius 1 is 1.07 bits per heavy atom. The molecule has 2 fully saturated rings. The van der Waals surface area contributed by atoms with Crippen molar-refractivity contribution in [3.63, 3.8) is 0 Å². The van der Waals surface area contributed by atoms with E-state index >= 15 is 0 Å². The molecule has 0 aliphatic carbocycles. The van der Waals surface area contributed by atoms with Crippen LogP contribution in [0.4, 0.5) is 4.79 Å². The summed E-state index contributed by atoms with van der Waals surface area (Å²) >= 11 is 6.11. The average molecular weight is 428 g/mol. The van der Waals surface area contributed by atoms with E-state index in [1.807, 2.05) is 68.4 Å². The number of hydrogen-bond acceptors (Lipinski definition) is 4. The van der Waals surface area contributed by atoms with E-state index in [0.717, 1.165) is 11.1 Å². The standard InChI is InChI=1S/C24H26ClNO4/c1-16-12-24(13-17(2)30-16,19-8-10-20(25)11-9-19)14-22(27)26-21(15-29-23(26)28)18-6-4-3-5-7-18/h3-11,16-17,21H,12-15H2,1-2H3/t16-,17+,21-,24?/m1/s1. The second kappa shape index (κ2) is 8.40. The topological polar surface area (TPSA) is 55.8 Å². The summed E-state index contributed by atoms with van der Waals surface area (Å²) in [6, 6.07) is 16.8. The SMILES string of the molecule is C[C@@H]1CC(CC(=O)N2C(=O)OC[C@@H]2c2ccccc2)(c2ccc(Cl)cc2)C[C@H](C)O1. The maximum Gasteiger partial charge on any atom is 0.417 e. The van der Waals surface area contributed by atoms with Crippen LogP contribution in [-0.2, 0) is 19.7 Å². The van der Waals surface area contributed by atoms with Crippen molar-refractivity contribution >= 4 is 23.6 Å². The Kier molecular flexibility index (Phi) is 5.85. The van der Waals surface area contributed by atoms with Gasteiger partial charge in [0, 0.05) is 16.9 Å². The molecule has 6 heteroatoms. The molecule has 158 valence electrons. The summed E-state index contributed by atoms with van der Waals surface area (Å²) in [4.78, 5) is 27.3.